The number of hydrogen-bond donors (Lipinski definition) is 2. The van der Waals surface area contributed by atoms with Gasteiger partial charge in [0.05, 0.1) is 0 Å². The lowest BCUT2D eigenvalue weighted by atomic mass is 10.1. The fourth-order valence-electron chi connectivity index (χ4n) is 1.83. The predicted molar refractivity (Wildman–Crippen MR) is 30.3 cm³/mol. The molecule has 2 rings (SSSR count). The van der Waals surface area contributed by atoms with E-state index in [-0.39, 0.29) is 6.23 Å². The standard InChI is InChI=1S/C6H11NO/c8-6-4-1-2-5(3-4)7-6/h4-8H,1-3H2. The van der Waals surface area contributed by atoms with E-state index in [2.05, 4.69) is 5.32 Å². The minimum Gasteiger partial charge on any atom is -0.378 e. The first-order valence-corrected chi connectivity index (χ1v) is 3.30. The Bertz CT molecular complexity index is 103. The summed E-state index contributed by atoms with van der Waals surface area (Å²) in [5.41, 5.74) is 0. The van der Waals surface area contributed by atoms with E-state index in [0.29, 0.717) is 12.0 Å². The first-order chi connectivity index (χ1) is 3.86. The third-order valence-electron chi connectivity index (χ3n) is 2.33. The van der Waals surface area contributed by atoms with Gasteiger partial charge in [0.1, 0.15) is 6.23 Å². The van der Waals surface area contributed by atoms with E-state index in [1.54, 1.807) is 0 Å². The van der Waals surface area contributed by atoms with Crippen LogP contribution in [0.15, 0.2) is 0 Å². The molecular weight excluding hydrogens is 102 g/mol. The van der Waals surface area contributed by atoms with Crippen LogP contribution in [-0.4, -0.2) is 17.4 Å². The van der Waals surface area contributed by atoms with Gasteiger partial charge < -0.3 is 5.11 Å². The van der Waals surface area contributed by atoms with Crippen molar-refractivity contribution in [3.63, 3.8) is 0 Å². The summed E-state index contributed by atoms with van der Waals surface area (Å²) in [4.78, 5) is 0. The van der Waals surface area contributed by atoms with E-state index < -0.39 is 0 Å². The maximum Gasteiger partial charge on any atom is 0.108 e. The Labute approximate surface area is 48.9 Å². The van der Waals surface area contributed by atoms with E-state index in [4.69, 9.17) is 5.11 Å². The molecule has 0 amide bonds. The monoisotopic (exact) mass is 113 g/mol. The molecule has 1 aliphatic heterocycles. The molecule has 8 heavy (non-hydrogen) atoms. The lowest BCUT2D eigenvalue weighted by Crippen LogP contribution is -2.34. The SMILES string of the molecule is OC1NC2CCC1C2. The van der Waals surface area contributed by atoms with Gasteiger partial charge in [-0.1, -0.05) is 0 Å². The molecule has 0 aromatic rings. The fraction of sp³-hybridized carbons (Fsp3) is 1.00. The Kier molecular flexibility index (Phi) is 0.866. The van der Waals surface area contributed by atoms with E-state index in [9.17, 15) is 0 Å². The molecule has 2 bridgehead atoms. The molecule has 0 radical (unpaired) electrons. The van der Waals surface area contributed by atoms with Crippen LogP contribution < -0.4 is 5.32 Å². The van der Waals surface area contributed by atoms with Crippen LogP contribution in [0.5, 0.6) is 0 Å². The summed E-state index contributed by atoms with van der Waals surface area (Å²) in [6.07, 6.45) is 3.55. The van der Waals surface area contributed by atoms with Crippen LogP contribution >= 0.6 is 0 Å². The highest BCUT2D eigenvalue weighted by Crippen LogP contribution is 2.33. The van der Waals surface area contributed by atoms with Crippen LogP contribution in [0.3, 0.4) is 0 Å². The number of piperidine rings is 1. The highest BCUT2D eigenvalue weighted by molar-refractivity contribution is 4.91. The molecule has 2 aliphatic rings. The number of nitrogens with one attached hydrogen (secondary N) is 1. The first kappa shape index (κ1) is 4.77. The molecular formula is C6H11NO. The zero-order chi connectivity index (χ0) is 5.56. The number of fused-ring (bicyclic) bond motifs is 2. The van der Waals surface area contributed by atoms with Gasteiger partial charge in [-0.2, -0.15) is 0 Å². The normalized spacial score (nSPS) is 52.9. The van der Waals surface area contributed by atoms with Crippen molar-refractivity contribution in [3.05, 3.63) is 0 Å². The molecule has 1 saturated carbocycles. The van der Waals surface area contributed by atoms with Gasteiger partial charge in [-0.05, 0) is 25.2 Å². The number of aliphatic hydroxyl groups excluding tert-OH is 1. The molecule has 2 fully saturated rings. The highest BCUT2D eigenvalue weighted by Gasteiger charge is 2.37. The second-order valence-electron chi connectivity index (χ2n) is 2.88. The molecule has 0 aromatic heterocycles. The van der Waals surface area contributed by atoms with Gasteiger partial charge >= 0.3 is 0 Å². The third-order valence-corrected chi connectivity index (χ3v) is 2.33. The van der Waals surface area contributed by atoms with Crippen molar-refractivity contribution in [3.8, 4) is 0 Å². The second kappa shape index (κ2) is 1.45. The van der Waals surface area contributed by atoms with E-state index in [0.717, 1.165) is 0 Å². The van der Waals surface area contributed by atoms with E-state index in [1.165, 1.54) is 19.3 Å². The van der Waals surface area contributed by atoms with Gasteiger partial charge in [0, 0.05) is 6.04 Å². The molecule has 2 N–H and O–H groups in total. The van der Waals surface area contributed by atoms with Crippen LogP contribution in [0, 0.1) is 5.92 Å². The minimum atomic E-state index is -0.172. The van der Waals surface area contributed by atoms with Crippen molar-refractivity contribution >= 4 is 0 Å². The Morgan fingerprint density at radius 2 is 2.25 bits per heavy atom. The van der Waals surface area contributed by atoms with Crippen molar-refractivity contribution in [1.29, 1.82) is 0 Å². The van der Waals surface area contributed by atoms with Gasteiger partial charge in [0.25, 0.3) is 0 Å². The Morgan fingerprint density at radius 1 is 1.38 bits per heavy atom. The van der Waals surface area contributed by atoms with Crippen molar-refractivity contribution in [2.45, 2.75) is 31.5 Å². The van der Waals surface area contributed by atoms with Crippen molar-refractivity contribution in [2.75, 3.05) is 0 Å². The molecule has 0 spiro atoms. The van der Waals surface area contributed by atoms with Crippen molar-refractivity contribution < 1.29 is 5.11 Å². The van der Waals surface area contributed by atoms with Crippen LogP contribution in [0.1, 0.15) is 19.3 Å². The van der Waals surface area contributed by atoms with Crippen LogP contribution in [-0.2, 0) is 0 Å². The maximum atomic E-state index is 9.11. The van der Waals surface area contributed by atoms with E-state index >= 15 is 0 Å². The maximum absolute atomic E-state index is 9.11. The van der Waals surface area contributed by atoms with Crippen molar-refractivity contribution in [2.24, 2.45) is 5.92 Å². The van der Waals surface area contributed by atoms with Gasteiger partial charge in [0.15, 0.2) is 0 Å². The predicted octanol–water partition coefficient (Wildman–Crippen LogP) is 0.0767. The molecule has 3 unspecified atom stereocenters. The minimum absolute atomic E-state index is 0.172. The molecule has 1 saturated heterocycles. The summed E-state index contributed by atoms with van der Waals surface area (Å²) in [6.45, 7) is 0. The van der Waals surface area contributed by atoms with Gasteiger partial charge in [-0.15, -0.1) is 0 Å². The summed E-state index contributed by atoms with van der Waals surface area (Å²) >= 11 is 0. The molecule has 1 aliphatic carbocycles. The average molecular weight is 113 g/mol. The molecule has 46 valence electrons. The third kappa shape index (κ3) is 0.501. The first-order valence-electron chi connectivity index (χ1n) is 3.30. The topological polar surface area (TPSA) is 32.3 Å². The largest absolute Gasteiger partial charge is 0.378 e. The molecule has 3 atom stereocenters. The smallest absolute Gasteiger partial charge is 0.108 e. The Morgan fingerprint density at radius 3 is 2.50 bits per heavy atom. The zero-order valence-electron chi connectivity index (χ0n) is 4.80. The molecule has 0 aromatic carbocycles. The highest BCUT2D eigenvalue weighted by atomic mass is 16.3. The quantitative estimate of drug-likeness (QED) is 0.466. The summed E-state index contributed by atoms with van der Waals surface area (Å²) < 4.78 is 0. The average Bonchev–Trinajstić information content (AvgIpc) is 2.23. The molecule has 1 heterocycles. The number of rotatable bonds is 0. The van der Waals surface area contributed by atoms with Crippen LogP contribution in [0.2, 0.25) is 0 Å². The second-order valence-corrected chi connectivity index (χ2v) is 2.88. The molecule has 2 nitrogen and oxygen atoms in total. The Hall–Kier alpha value is -0.0800. The number of hydrogen-bond acceptors (Lipinski definition) is 2. The van der Waals surface area contributed by atoms with Gasteiger partial charge in [0.2, 0.25) is 0 Å². The van der Waals surface area contributed by atoms with Gasteiger partial charge in [-0.25, -0.2) is 0 Å². The van der Waals surface area contributed by atoms with Crippen molar-refractivity contribution in [1.82, 2.24) is 5.32 Å². The fourth-order valence-corrected chi connectivity index (χ4v) is 1.83. The summed E-state index contributed by atoms with van der Waals surface area (Å²) in [7, 11) is 0. The van der Waals surface area contributed by atoms with Crippen LogP contribution in [0.4, 0.5) is 0 Å². The summed E-state index contributed by atoms with van der Waals surface area (Å²) in [6, 6.07) is 0.648. The van der Waals surface area contributed by atoms with E-state index in [1.807, 2.05) is 0 Å². The zero-order valence-corrected chi connectivity index (χ0v) is 4.80. The molecule has 2 heteroatoms. The van der Waals surface area contributed by atoms with Gasteiger partial charge in [-0.3, -0.25) is 5.32 Å². The Balaban J connectivity index is 2.11. The summed E-state index contributed by atoms with van der Waals surface area (Å²) in [5.74, 6) is 0.583. The lowest BCUT2D eigenvalue weighted by Gasteiger charge is -2.16. The number of aliphatic hydroxyl groups is 1. The summed E-state index contributed by atoms with van der Waals surface area (Å²) in [5, 5.41) is 12.2. The van der Waals surface area contributed by atoms with Crippen LogP contribution in [0.25, 0.3) is 0 Å². The lowest BCUT2D eigenvalue weighted by molar-refractivity contribution is 0.0924.